The Morgan fingerprint density at radius 1 is 1.21 bits per heavy atom. The lowest BCUT2D eigenvalue weighted by Crippen LogP contribution is -2.14. The lowest BCUT2D eigenvalue weighted by molar-refractivity contribution is -0.138. The normalized spacial score (nSPS) is 11.9. The first kappa shape index (κ1) is 20.4. The number of nitrogen functional groups attached to an aromatic ring is 1. The average molecular weight is 410 g/mol. The number of rotatable bonds is 3. The molecule has 0 saturated heterocycles. The third-order valence-corrected chi connectivity index (χ3v) is 4.78. The van der Waals surface area contributed by atoms with Crippen molar-refractivity contribution in [2.45, 2.75) is 26.9 Å². The van der Waals surface area contributed by atoms with Gasteiger partial charge in [-0.05, 0) is 38.5 Å². The molecule has 3 aromatic rings. The van der Waals surface area contributed by atoms with Crippen molar-refractivity contribution >= 4 is 22.8 Å². The van der Waals surface area contributed by atoms with E-state index in [1.54, 1.807) is 13.8 Å². The van der Waals surface area contributed by atoms with Crippen molar-refractivity contribution in [1.82, 2.24) is 9.55 Å². The monoisotopic (exact) mass is 410 g/mol. The van der Waals surface area contributed by atoms with Crippen molar-refractivity contribution in [2.24, 2.45) is 5.73 Å². The molecule has 0 radical (unpaired) electrons. The highest BCUT2D eigenvalue weighted by Gasteiger charge is 2.35. The molecule has 2 aromatic heterocycles. The number of hydrogen-bond acceptors (Lipinski definition) is 4. The maximum Gasteiger partial charge on any atom is 0.418 e. The second kappa shape index (κ2) is 6.64. The molecule has 0 saturated carbocycles. The minimum Gasteiger partial charge on any atom is -0.493 e. The van der Waals surface area contributed by atoms with Gasteiger partial charge in [-0.3, -0.25) is 9.36 Å². The molecule has 6 nitrogen and oxygen atoms in total. The third kappa shape index (κ3) is 3.04. The van der Waals surface area contributed by atoms with Crippen LogP contribution in [0.15, 0.2) is 12.1 Å². The van der Waals surface area contributed by atoms with Gasteiger partial charge < -0.3 is 16.2 Å². The summed E-state index contributed by atoms with van der Waals surface area (Å²) in [5.74, 6) is -1.87. The predicted octanol–water partition coefficient (Wildman–Crippen LogP) is 3.80. The SMILES string of the molecule is COc1c(F)cc(C)c(-n2c(N)c(C(N)=O)c3cc(C(F)(F)F)c(C)nc32)c1C. The fourth-order valence-electron chi connectivity index (χ4n) is 3.58. The van der Waals surface area contributed by atoms with Crippen LogP contribution in [0, 0.1) is 26.6 Å². The minimum absolute atomic E-state index is 0.00154. The molecule has 154 valence electrons. The van der Waals surface area contributed by atoms with E-state index in [9.17, 15) is 22.4 Å². The van der Waals surface area contributed by atoms with E-state index in [0.717, 1.165) is 6.07 Å². The smallest absolute Gasteiger partial charge is 0.418 e. The number of fused-ring (bicyclic) bond motifs is 1. The number of carbonyl (C=O) groups excluding carboxylic acids is 1. The van der Waals surface area contributed by atoms with E-state index in [0.29, 0.717) is 16.8 Å². The lowest BCUT2D eigenvalue weighted by Gasteiger charge is -2.18. The molecule has 0 spiro atoms. The van der Waals surface area contributed by atoms with Gasteiger partial charge in [0.2, 0.25) is 0 Å². The van der Waals surface area contributed by atoms with Crippen LogP contribution in [-0.4, -0.2) is 22.6 Å². The third-order valence-electron chi connectivity index (χ3n) is 4.78. The van der Waals surface area contributed by atoms with E-state index in [-0.39, 0.29) is 33.9 Å². The first-order valence-corrected chi connectivity index (χ1v) is 8.42. The van der Waals surface area contributed by atoms with Crippen molar-refractivity contribution < 1.29 is 27.1 Å². The number of aryl methyl sites for hydroxylation is 2. The number of halogens is 4. The van der Waals surface area contributed by atoms with Crippen LogP contribution >= 0.6 is 0 Å². The van der Waals surface area contributed by atoms with Gasteiger partial charge in [-0.25, -0.2) is 9.37 Å². The van der Waals surface area contributed by atoms with Crippen LogP contribution in [0.1, 0.15) is 32.7 Å². The van der Waals surface area contributed by atoms with Crippen LogP contribution in [0.4, 0.5) is 23.4 Å². The number of carbonyl (C=O) groups is 1. The number of anilines is 1. The Labute approximate surface area is 163 Å². The van der Waals surface area contributed by atoms with Gasteiger partial charge in [0.25, 0.3) is 5.91 Å². The van der Waals surface area contributed by atoms with E-state index in [1.165, 1.54) is 24.7 Å². The molecule has 0 bridgehead atoms. The first-order chi connectivity index (χ1) is 13.4. The molecule has 3 rings (SSSR count). The summed E-state index contributed by atoms with van der Waals surface area (Å²) in [5, 5.41) is -0.144. The Balaban J connectivity index is 2.53. The van der Waals surface area contributed by atoms with Gasteiger partial charge in [0.05, 0.1) is 29.6 Å². The highest BCUT2D eigenvalue weighted by molar-refractivity contribution is 6.11. The molecule has 4 N–H and O–H groups in total. The zero-order chi connectivity index (χ0) is 21.8. The molecule has 0 fully saturated rings. The van der Waals surface area contributed by atoms with Crippen LogP contribution in [0.5, 0.6) is 5.75 Å². The number of nitrogens with two attached hydrogens (primary N) is 2. The van der Waals surface area contributed by atoms with Gasteiger partial charge in [-0.2, -0.15) is 13.2 Å². The number of hydrogen-bond donors (Lipinski definition) is 2. The summed E-state index contributed by atoms with van der Waals surface area (Å²) < 4.78 is 60.7. The highest BCUT2D eigenvalue weighted by atomic mass is 19.4. The molecular weight excluding hydrogens is 392 g/mol. The predicted molar refractivity (Wildman–Crippen MR) is 99.7 cm³/mol. The molecule has 29 heavy (non-hydrogen) atoms. The van der Waals surface area contributed by atoms with E-state index < -0.39 is 23.5 Å². The van der Waals surface area contributed by atoms with Gasteiger partial charge in [0.15, 0.2) is 11.6 Å². The van der Waals surface area contributed by atoms with Crippen molar-refractivity contribution in [3.8, 4) is 11.4 Å². The summed E-state index contributed by atoms with van der Waals surface area (Å²) in [4.78, 5) is 16.1. The standard InChI is InChI=1S/C19H18F4N4O2/c1-7-5-12(20)15(29-4)8(2)14(7)27-16(24)13(17(25)28)10-6-11(19(21,22)23)9(3)26-18(10)27/h5-6H,24H2,1-4H3,(H2,25,28). The van der Waals surface area contributed by atoms with E-state index in [2.05, 4.69) is 4.98 Å². The van der Waals surface area contributed by atoms with Crippen LogP contribution in [0.2, 0.25) is 0 Å². The van der Waals surface area contributed by atoms with Gasteiger partial charge >= 0.3 is 6.18 Å². The summed E-state index contributed by atoms with van der Waals surface area (Å²) in [6.07, 6.45) is -4.68. The average Bonchev–Trinajstić information content (AvgIpc) is 2.85. The number of aromatic nitrogens is 2. The lowest BCUT2D eigenvalue weighted by atomic mass is 10.1. The Morgan fingerprint density at radius 2 is 1.83 bits per heavy atom. The molecular formula is C19H18F4N4O2. The van der Waals surface area contributed by atoms with E-state index >= 15 is 0 Å². The number of benzene rings is 1. The Morgan fingerprint density at radius 3 is 2.34 bits per heavy atom. The molecule has 10 heteroatoms. The molecule has 0 unspecified atom stereocenters. The Bertz CT molecular complexity index is 1170. The van der Waals surface area contributed by atoms with Gasteiger partial charge in [-0.15, -0.1) is 0 Å². The second-order valence-corrected chi connectivity index (χ2v) is 6.63. The van der Waals surface area contributed by atoms with Gasteiger partial charge in [-0.1, -0.05) is 0 Å². The maximum atomic E-state index is 14.2. The largest absolute Gasteiger partial charge is 0.493 e. The Hall–Kier alpha value is -3.30. The molecule has 1 amide bonds. The molecule has 2 heterocycles. The number of alkyl halides is 3. The first-order valence-electron chi connectivity index (χ1n) is 8.42. The van der Waals surface area contributed by atoms with Crippen molar-refractivity contribution in [2.75, 3.05) is 12.8 Å². The van der Waals surface area contributed by atoms with Gasteiger partial charge in [0.1, 0.15) is 11.5 Å². The number of methoxy groups -OCH3 is 1. The second-order valence-electron chi connectivity index (χ2n) is 6.63. The van der Waals surface area contributed by atoms with Crippen molar-refractivity contribution in [3.05, 3.63) is 45.9 Å². The van der Waals surface area contributed by atoms with Crippen LogP contribution in [0.3, 0.4) is 0 Å². The number of amides is 1. The zero-order valence-corrected chi connectivity index (χ0v) is 16.0. The van der Waals surface area contributed by atoms with E-state index in [4.69, 9.17) is 16.2 Å². The number of pyridine rings is 1. The fraction of sp³-hybridized carbons (Fsp3) is 0.263. The van der Waals surface area contributed by atoms with Crippen LogP contribution in [0.25, 0.3) is 16.7 Å². The van der Waals surface area contributed by atoms with Crippen molar-refractivity contribution in [1.29, 1.82) is 0 Å². The quantitative estimate of drug-likeness (QED) is 0.642. The summed E-state index contributed by atoms with van der Waals surface area (Å²) in [5.41, 5.74) is 11.0. The Kier molecular flexibility index (Phi) is 4.68. The molecule has 1 aromatic carbocycles. The highest BCUT2D eigenvalue weighted by Crippen LogP contribution is 2.40. The maximum absolute atomic E-state index is 14.2. The van der Waals surface area contributed by atoms with Crippen LogP contribution in [-0.2, 0) is 6.18 Å². The van der Waals surface area contributed by atoms with Gasteiger partial charge in [0, 0.05) is 10.9 Å². The fourth-order valence-corrected chi connectivity index (χ4v) is 3.58. The van der Waals surface area contributed by atoms with E-state index in [1.807, 2.05) is 0 Å². The summed E-state index contributed by atoms with van der Waals surface area (Å²) in [6.45, 7) is 4.36. The van der Waals surface area contributed by atoms with Crippen molar-refractivity contribution in [3.63, 3.8) is 0 Å². The number of nitrogens with zero attached hydrogens (tertiary/aromatic N) is 2. The summed E-state index contributed by atoms with van der Waals surface area (Å²) in [7, 11) is 1.29. The van der Waals surface area contributed by atoms with Crippen LogP contribution < -0.4 is 16.2 Å². The number of ether oxygens (including phenoxy) is 1. The molecule has 0 atom stereocenters. The zero-order valence-electron chi connectivity index (χ0n) is 16.0. The summed E-state index contributed by atoms with van der Waals surface area (Å²) >= 11 is 0. The topological polar surface area (TPSA) is 96.2 Å². The molecule has 0 aliphatic heterocycles. The molecule has 0 aliphatic rings. The minimum atomic E-state index is -4.68. The molecule has 0 aliphatic carbocycles. The summed E-state index contributed by atoms with van der Waals surface area (Å²) in [6, 6.07) is 2.00. The number of primary amides is 1.